The van der Waals surface area contributed by atoms with Crippen molar-refractivity contribution in [1.82, 2.24) is 0 Å². The Labute approximate surface area is 91.4 Å². The van der Waals surface area contributed by atoms with Crippen LogP contribution in [0.3, 0.4) is 0 Å². The first kappa shape index (κ1) is 11.5. The van der Waals surface area contributed by atoms with Gasteiger partial charge in [-0.1, -0.05) is 41.9 Å². The molecule has 0 saturated heterocycles. The van der Waals surface area contributed by atoms with Crippen LogP contribution in [0.5, 0.6) is 0 Å². The second kappa shape index (κ2) is 5.36. The highest BCUT2D eigenvalue weighted by molar-refractivity contribution is 6.20. The fourth-order valence-corrected chi connectivity index (χ4v) is 1.20. The molecule has 0 spiro atoms. The molecule has 5 heteroatoms. The Kier molecular flexibility index (Phi) is 4.12. The molecule has 4 nitrogen and oxygen atoms in total. The summed E-state index contributed by atoms with van der Waals surface area (Å²) < 4.78 is 4.69. The minimum absolute atomic E-state index is 0.609. The Morgan fingerprint density at radius 1 is 1.33 bits per heavy atom. The molecular weight excluding hydrogens is 220 g/mol. The number of carboxylic acid groups (broad SMARTS) is 1. The van der Waals surface area contributed by atoms with Crippen molar-refractivity contribution >= 4 is 23.5 Å². The molecule has 0 heterocycles. The van der Waals surface area contributed by atoms with E-state index in [1.54, 1.807) is 30.3 Å². The molecule has 15 heavy (non-hydrogen) atoms. The zero-order valence-electron chi connectivity index (χ0n) is 7.72. The number of alkyl halides is 1. The number of benzene rings is 1. The summed E-state index contributed by atoms with van der Waals surface area (Å²) in [7, 11) is 0. The molecule has 1 aromatic rings. The van der Waals surface area contributed by atoms with E-state index >= 15 is 0 Å². The quantitative estimate of drug-likeness (QED) is 0.486. The summed E-state index contributed by atoms with van der Waals surface area (Å²) in [5, 5.41) is 8.32. The molecule has 0 aliphatic rings. The number of ether oxygens (including phenoxy) is 1. The van der Waals surface area contributed by atoms with Crippen LogP contribution in [0.4, 0.5) is 0 Å². The van der Waals surface area contributed by atoms with Crippen molar-refractivity contribution in [3.63, 3.8) is 0 Å². The zero-order chi connectivity index (χ0) is 11.3. The van der Waals surface area contributed by atoms with E-state index in [2.05, 4.69) is 0 Å². The predicted molar refractivity (Wildman–Crippen MR) is 53.4 cm³/mol. The van der Waals surface area contributed by atoms with E-state index in [1.807, 2.05) is 0 Å². The molecule has 80 valence electrons. The van der Waals surface area contributed by atoms with E-state index in [9.17, 15) is 9.59 Å². The molecule has 0 bridgehead atoms. The number of rotatable bonds is 4. The number of aliphatic carboxylic acids is 1. The Bertz CT molecular complexity index is 350. The lowest BCUT2D eigenvalue weighted by Crippen LogP contribution is -2.11. The number of esters is 1. The van der Waals surface area contributed by atoms with Crippen LogP contribution in [0, 0.1) is 0 Å². The molecule has 1 aromatic carbocycles. The molecule has 1 atom stereocenters. The predicted octanol–water partition coefficient (Wildman–Crippen LogP) is 1.94. The topological polar surface area (TPSA) is 63.6 Å². The SMILES string of the molecule is O=C(O)CC(=O)OC(Cl)c1ccccc1. The molecule has 0 fully saturated rings. The van der Waals surface area contributed by atoms with Crippen LogP contribution in [-0.2, 0) is 14.3 Å². The maximum Gasteiger partial charge on any atom is 0.318 e. The lowest BCUT2D eigenvalue weighted by Gasteiger charge is -2.10. The molecule has 1 N–H and O–H groups in total. The second-order valence-corrected chi connectivity index (χ2v) is 3.18. The summed E-state index contributed by atoms with van der Waals surface area (Å²) >= 11 is 5.75. The molecule has 0 saturated carbocycles. The summed E-state index contributed by atoms with van der Waals surface area (Å²) in [6.07, 6.45) is -0.684. The minimum atomic E-state index is -1.24. The zero-order valence-corrected chi connectivity index (χ0v) is 8.48. The highest BCUT2D eigenvalue weighted by atomic mass is 35.5. The molecule has 0 radical (unpaired) electrons. The summed E-state index contributed by atoms with van der Waals surface area (Å²) in [5.41, 5.74) is -0.337. The fraction of sp³-hybridized carbons (Fsp3) is 0.200. The van der Waals surface area contributed by atoms with Crippen LogP contribution in [0.25, 0.3) is 0 Å². The fourth-order valence-electron chi connectivity index (χ4n) is 0.953. The van der Waals surface area contributed by atoms with Crippen LogP contribution >= 0.6 is 11.6 Å². The first-order valence-electron chi connectivity index (χ1n) is 4.20. The maximum atomic E-state index is 10.9. The number of hydrogen-bond donors (Lipinski definition) is 1. The Balaban J connectivity index is 2.53. The Morgan fingerprint density at radius 3 is 2.47 bits per heavy atom. The first-order valence-corrected chi connectivity index (χ1v) is 4.63. The van der Waals surface area contributed by atoms with Gasteiger partial charge in [0, 0.05) is 5.56 Å². The van der Waals surface area contributed by atoms with Gasteiger partial charge in [-0.3, -0.25) is 9.59 Å². The van der Waals surface area contributed by atoms with Crippen LogP contribution in [0.2, 0.25) is 0 Å². The third-order valence-corrected chi connectivity index (χ3v) is 1.93. The van der Waals surface area contributed by atoms with Gasteiger partial charge in [0.15, 0.2) is 0 Å². The third kappa shape index (κ3) is 3.99. The summed E-state index contributed by atoms with van der Waals surface area (Å²) in [6, 6.07) is 8.66. The Hall–Kier alpha value is -1.55. The van der Waals surface area contributed by atoms with Gasteiger partial charge in [-0.15, -0.1) is 0 Å². The maximum absolute atomic E-state index is 10.9. The summed E-state index contributed by atoms with van der Waals surface area (Å²) in [6.45, 7) is 0. The number of carboxylic acids is 1. The van der Waals surface area contributed by atoms with Crippen LogP contribution in [0.1, 0.15) is 17.5 Å². The average Bonchev–Trinajstić information content (AvgIpc) is 2.17. The van der Waals surface area contributed by atoms with Gasteiger partial charge in [-0.2, -0.15) is 0 Å². The highest BCUT2D eigenvalue weighted by Crippen LogP contribution is 2.21. The van der Waals surface area contributed by atoms with E-state index in [-0.39, 0.29) is 0 Å². The number of carbonyl (C=O) groups excluding carboxylic acids is 1. The van der Waals surface area contributed by atoms with Crippen LogP contribution < -0.4 is 0 Å². The Morgan fingerprint density at radius 2 is 1.93 bits per heavy atom. The third-order valence-electron chi connectivity index (χ3n) is 1.59. The van der Waals surface area contributed by atoms with Gasteiger partial charge in [0.2, 0.25) is 5.56 Å². The lowest BCUT2D eigenvalue weighted by atomic mass is 10.2. The van der Waals surface area contributed by atoms with Gasteiger partial charge in [-0.05, 0) is 0 Å². The number of halogens is 1. The van der Waals surface area contributed by atoms with Crippen molar-refractivity contribution < 1.29 is 19.4 Å². The minimum Gasteiger partial charge on any atom is -0.481 e. The van der Waals surface area contributed by atoms with E-state index in [0.717, 1.165) is 0 Å². The van der Waals surface area contributed by atoms with Crippen molar-refractivity contribution in [2.75, 3.05) is 0 Å². The van der Waals surface area contributed by atoms with Gasteiger partial charge < -0.3 is 9.84 Å². The van der Waals surface area contributed by atoms with Crippen molar-refractivity contribution in [2.45, 2.75) is 12.0 Å². The second-order valence-electron chi connectivity index (χ2n) is 2.79. The summed E-state index contributed by atoms with van der Waals surface area (Å²) in [5.74, 6) is -2.09. The van der Waals surface area contributed by atoms with E-state index < -0.39 is 23.9 Å². The smallest absolute Gasteiger partial charge is 0.318 e. The van der Waals surface area contributed by atoms with Crippen molar-refractivity contribution in [3.05, 3.63) is 35.9 Å². The van der Waals surface area contributed by atoms with Crippen LogP contribution in [-0.4, -0.2) is 17.0 Å². The van der Waals surface area contributed by atoms with E-state index in [4.69, 9.17) is 21.4 Å². The van der Waals surface area contributed by atoms with E-state index in [0.29, 0.717) is 5.56 Å². The van der Waals surface area contributed by atoms with Crippen molar-refractivity contribution in [2.24, 2.45) is 0 Å². The lowest BCUT2D eigenvalue weighted by molar-refractivity contribution is -0.152. The van der Waals surface area contributed by atoms with Crippen LogP contribution in [0.15, 0.2) is 30.3 Å². The van der Waals surface area contributed by atoms with Gasteiger partial charge in [0.05, 0.1) is 0 Å². The molecule has 1 rings (SSSR count). The summed E-state index contributed by atoms with van der Waals surface area (Å²) in [4.78, 5) is 21.1. The molecule has 0 amide bonds. The first-order chi connectivity index (χ1) is 7.09. The molecule has 0 aliphatic heterocycles. The normalized spacial score (nSPS) is 11.8. The van der Waals surface area contributed by atoms with Gasteiger partial charge in [-0.25, -0.2) is 0 Å². The molecule has 1 unspecified atom stereocenters. The average molecular weight is 229 g/mol. The number of carbonyl (C=O) groups is 2. The molecular formula is C10H9ClO4. The molecule has 0 aliphatic carbocycles. The highest BCUT2D eigenvalue weighted by Gasteiger charge is 2.15. The van der Waals surface area contributed by atoms with Crippen molar-refractivity contribution in [3.8, 4) is 0 Å². The standard InChI is InChI=1S/C10H9ClO4/c11-10(7-4-2-1-3-5-7)15-9(14)6-8(12)13/h1-5,10H,6H2,(H,12,13). The van der Waals surface area contributed by atoms with Gasteiger partial charge >= 0.3 is 11.9 Å². The van der Waals surface area contributed by atoms with Gasteiger partial charge in [0.25, 0.3) is 0 Å². The monoisotopic (exact) mass is 228 g/mol. The van der Waals surface area contributed by atoms with Gasteiger partial charge in [0.1, 0.15) is 6.42 Å². The van der Waals surface area contributed by atoms with E-state index in [1.165, 1.54) is 0 Å². The largest absolute Gasteiger partial charge is 0.481 e. The van der Waals surface area contributed by atoms with Crippen molar-refractivity contribution in [1.29, 1.82) is 0 Å². The molecule has 0 aromatic heterocycles. The number of hydrogen-bond acceptors (Lipinski definition) is 3.